The van der Waals surface area contributed by atoms with Gasteiger partial charge in [-0.3, -0.25) is 4.79 Å². The topological polar surface area (TPSA) is 59.9 Å². The van der Waals surface area contributed by atoms with Gasteiger partial charge in [-0.15, -0.1) is 0 Å². The van der Waals surface area contributed by atoms with Gasteiger partial charge in [0.1, 0.15) is 6.61 Å². The molecule has 0 saturated heterocycles. The zero-order valence-electron chi connectivity index (χ0n) is 15.2. The first-order valence-electron chi connectivity index (χ1n) is 8.35. The molecule has 0 saturated carbocycles. The van der Waals surface area contributed by atoms with Crippen LogP contribution < -0.4 is 14.9 Å². The van der Waals surface area contributed by atoms with Crippen LogP contribution in [0.25, 0.3) is 0 Å². The van der Waals surface area contributed by atoms with Gasteiger partial charge in [-0.05, 0) is 45.1 Å². The van der Waals surface area contributed by atoms with E-state index in [9.17, 15) is 4.79 Å². The van der Waals surface area contributed by atoms with Gasteiger partial charge in [-0.1, -0.05) is 44.2 Å². The number of nitrogens with zero attached hydrogens (tertiary/aromatic N) is 1. The van der Waals surface area contributed by atoms with Crippen LogP contribution in [0, 0.1) is 5.92 Å². The van der Waals surface area contributed by atoms with Crippen molar-refractivity contribution in [1.82, 2.24) is 5.43 Å². The highest BCUT2D eigenvalue weighted by molar-refractivity contribution is 9.10. The average molecular weight is 419 g/mol. The molecule has 0 aliphatic rings. The molecule has 0 aliphatic carbocycles. The van der Waals surface area contributed by atoms with Gasteiger partial charge in [0, 0.05) is 6.42 Å². The fourth-order valence-corrected chi connectivity index (χ4v) is 2.85. The first-order valence-corrected chi connectivity index (χ1v) is 9.15. The first kappa shape index (κ1) is 20.0. The maximum absolute atomic E-state index is 11.6. The summed E-state index contributed by atoms with van der Waals surface area (Å²) < 4.78 is 12.1. The Bertz CT molecular complexity index is 761. The van der Waals surface area contributed by atoms with Crippen molar-refractivity contribution < 1.29 is 14.3 Å². The van der Waals surface area contributed by atoms with Crippen LogP contribution in [-0.4, -0.2) is 19.2 Å². The van der Waals surface area contributed by atoms with E-state index in [0.717, 1.165) is 15.6 Å². The van der Waals surface area contributed by atoms with E-state index >= 15 is 0 Å². The van der Waals surface area contributed by atoms with E-state index in [4.69, 9.17) is 9.47 Å². The summed E-state index contributed by atoms with van der Waals surface area (Å²) >= 11 is 3.51. The number of hydrogen-bond donors (Lipinski definition) is 1. The van der Waals surface area contributed by atoms with Gasteiger partial charge in [0.15, 0.2) is 11.5 Å². The number of halogens is 1. The number of nitrogens with one attached hydrogen (secondary N) is 1. The molecule has 2 rings (SSSR count). The van der Waals surface area contributed by atoms with Crippen LogP contribution in [0.1, 0.15) is 31.4 Å². The number of amides is 1. The summed E-state index contributed by atoms with van der Waals surface area (Å²) in [7, 11) is 1.59. The van der Waals surface area contributed by atoms with Crippen molar-refractivity contribution in [3.05, 3.63) is 58.1 Å². The molecule has 0 atom stereocenters. The number of hydrazone groups is 1. The van der Waals surface area contributed by atoms with Crippen molar-refractivity contribution in [3.63, 3.8) is 0 Å². The van der Waals surface area contributed by atoms with Crippen LogP contribution in [0.4, 0.5) is 0 Å². The van der Waals surface area contributed by atoms with Gasteiger partial charge in [0.25, 0.3) is 0 Å². The Hall–Kier alpha value is -2.34. The average Bonchev–Trinajstić information content (AvgIpc) is 2.60. The lowest BCUT2D eigenvalue weighted by Crippen LogP contribution is -2.19. The Morgan fingerprint density at radius 3 is 2.65 bits per heavy atom. The SMILES string of the molecule is COc1cc(/C=N\NC(=O)CC(C)C)cc(Br)c1OCc1ccccc1. The van der Waals surface area contributed by atoms with Gasteiger partial charge in [0.2, 0.25) is 5.91 Å². The van der Waals surface area contributed by atoms with Gasteiger partial charge >= 0.3 is 0 Å². The number of ether oxygens (including phenoxy) is 2. The molecular weight excluding hydrogens is 396 g/mol. The maximum Gasteiger partial charge on any atom is 0.240 e. The second-order valence-electron chi connectivity index (χ2n) is 6.20. The Labute approximate surface area is 162 Å². The maximum atomic E-state index is 11.6. The highest BCUT2D eigenvalue weighted by atomic mass is 79.9. The molecule has 2 aromatic carbocycles. The monoisotopic (exact) mass is 418 g/mol. The fraction of sp³-hybridized carbons (Fsp3) is 0.300. The molecule has 0 fully saturated rings. The molecule has 0 radical (unpaired) electrons. The van der Waals surface area contributed by atoms with E-state index in [1.54, 1.807) is 13.3 Å². The van der Waals surface area contributed by atoms with E-state index in [1.165, 1.54) is 0 Å². The lowest BCUT2D eigenvalue weighted by Gasteiger charge is -2.13. The molecule has 1 N–H and O–H groups in total. The summed E-state index contributed by atoms with van der Waals surface area (Å²) in [6, 6.07) is 13.6. The van der Waals surface area contributed by atoms with Crippen LogP contribution in [0.15, 0.2) is 52.0 Å². The molecule has 0 heterocycles. The van der Waals surface area contributed by atoms with E-state index in [2.05, 4.69) is 26.5 Å². The summed E-state index contributed by atoms with van der Waals surface area (Å²) in [5, 5.41) is 3.99. The molecule has 0 unspecified atom stereocenters. The van der Waals surface area contributed by atoms with E-state index < -0.39 is 0 Å². The van der Waals surface area contributed by atoms with Crippen LogP contribution in [-0.2, 0) is 11.4 Å². The number of hydrogen-bond acceptors (Lipinski definition) is 4. The van der Waals surface area contributed by atoms with Gasteiger partial charge in [-0.25, -0.2) is 5.43 Å². The zero-order chi connectivity index (χ0) is 18.9. The summed E-state index contributed by atoms with van der Waals surface area (Å²) in [6.07, 6.45) is 2.02. The van der Waals surface area contributed by atoms with Crippen LogP contribution in [0.5, 0.6) is 11.5 Å². The predicted molar refractivity (Wildman–Crippen MR) is 107 cm³/mol. The third-order valence-corrected chi connectivity index (χ3v) is 4.06. The second-order valence-corrected chi connectivity index (χ2v) is 7.05. The first-order chi connectivity index (χ1) is 12.5. The molecule has 138 valence electrons. The van der Waals surface area contributed by atoms with Gasteiger partial charge in [0.05, 0.1) is 17.8 Å². The van der Waals surface area contributed by atoms with Crippen LogP contribution in [0.3, 0.4) is 0 Å². The minimum atomic E-state index is -0.106. The predicted octanol–water partition coefficient (Wildman–Crippen LogP) is 4.53. The number of methoxy groups -OCH3 is 1. The summed E-state index contributed by atoms with van der Waals surface area (Å²) in [5.74, 6) is 1.40. The van der Waals surface area contributed by atoms with Crippen molar-refractivity contribution in [2.24, 2.45) is 11.0 Å². The molecule has 2 aromatic rings. The zero-order valence-corrected chi connectivity index (χ0v) is 16.7. The van der Waals surface area contributed by atoms with E-state index in [-0.39, 0.29) is 5.91 Å². The van der Waals surface area contributed by atoms with Crippen molar-refractivity contribution in [1.29, 1.82) is 0 Å². The molecule has 0 aliphatic heterocycles. The van der Waals surface area contributed by atoms with E-state index in [0.29, 0.717) is 30.4 Å². The molecule has 5 nitrogen and oxygen atoms in total. The van der Waals surface area contributed by atoms with Crippen LogP contribution >= 0.6 is 15.9 Å². The van der Waals surface area contributed by atoms with Gasteiger partial charge < -0.3 is 9.47 Å². The number of rotatable bonds is 8. The Balaban J connectivity index is 2.07. The fourth-order valence-electron chi connectivity index (χ4n) is 2.28. The summed E-state index contributed by atoms with van der Waals surface area (Å²) in [6.45, 7) is 4.41. The van der Waals surface area contributed by atoms with Crippen molar-refractivity contribution in [2.45, 2.75) is 26.9 Å². The minimum Gasteiger partial charge on any atom is -0.493 e. The Morgan fingerprint density at radius 2 is 2.00 bits per heavy atom. The smallest absolute Gasteiger partial charge is 0.240 e. The molecule has 0 aromatic heterocycles. The lowest BCUT2D eigenvalue weighted by molar-refractivity contribution is -0.121. The molecule has 0 bridgehead atoms. The normalized spacial score (nSPS) is 11.0. The van der Waals surface area contributed by atoms with Crippen molar-refractivity contribution in [2.75, 3.05) is 7.11 Å². The standard InChI is InChI=1S/C20H23BrN2O3/c1-14(2)9-19(24)23-22-12-16-10-17(21)20(18(11-16)25-3)26-13-15-7-5-4-6-8-15/h4-8,10-12,14H,9,13H2,1-3H3,(H,23,24)/b22-12-. The molecule has 6 heteroatoms. The van der Waals surface area contributed by atoms with Gasteiger partial charge in [-0.2, -0.15) is 5.10 Å². The van der Waals surface area contributed by atoms with Crippen molar-refractivity contribution >= 4 is 28.1 Å². The third kappa shape index (κ3) is 6.19. The summed E-state index contributed by atoms with van der Waals surface area (Å²) in [5.41, 5.74) is 4.38. The minimum absolute atomic E-state index is 0.106. The third-order valence-electron chi connectivity index (χ3n) is 3.47. The number of benzene rings is 2. The second kappa shape index (κ2) is 9.97. The number of carbonyl (C=O) groups excluding carboxylic acids is 1. The quantitative estimate of drug-likeness (QED) is 0.505. The van der Waals surface area contributed by atoms with E-state index in [1.807, 2.05) is 56.3 Å². The molecular formula is C20H23BrN2O3. The van der Waals surface area contributed by atoms with Crippen LogP contribution in [0.2, 0.25) is 0 Å². The Morgan fingerprint density at radius 1 is 1.27 bits per heavy atom. The molecule has 0 spiro atoms. The summed E-state index contributed by atoms with van der Waals surface area (Å²) in [4.78, 5) is 11.6. The molecule has 26 heavy (non-hydrogen) atoms. The lowest BCUT2D eigenvalue weighted by atomic mass is 10.1. The Kier molecular flexibility index (Phi) is 7.66. The highest BCUT2D eigenvalue weighted by Gasteiger charge is 2.11. The molecule has 1 amide bonds. The van der Waals surface area contributed by atoms with Crippen molar-refractivity contribution in [3.8, 4) is 11.5 Å². The number of carbonyl (C=O) groups is 1. The highest BCUT2D eigenvalue weighted by Crippen LogP contribution is 2.36. The largest absolute Gasteiger partial charge is 0.493 e.